The van der Waals surface area contributed by atoms with Crippen molar-refractivity contribution >= 4 is 16.8 Å². The molecule has 0 atom stereocenters. The van der Waals surface area contributed by atoms with Crippen LogP contribution in [0.3, 0.4) is 0 Å². The first kappa shape index (κ1) is 14.9. The molecular formula is C20H21N3O. The van der Waals surface area contributed by atoms with Crippen molar-refractivity contribution < 1.29 is 4.79 Å². The monoisotopic (exact) mass is 319 g/mol. The second-order valence-electron chi connectivity index (χ2n) is 6.56. The summed E-state index contributed by atoms with van der Waals surface area (Å²) in [5.74, 6) is 0.105. The molecule has 4 rings (SSSR count). The molecule has 3 aromatic rings. The molecule has 1 heterocycles. The zero-order valence-electron chi connectivity index (χ0n) is 13.6. The predicted octanol–water partition coefficient (Wildman–Crippen LogP) is 4.17. The quantitative estimate of drug-likeness (QED) is 0.787. The SMILES string of the molecule is NC(=O)c1ccc2c(C3CCCCC3)n(-c3ccccc3)nc2c1. The lowest BCUT2D eigenvalue weighted by molar-refractivity contribution is 0.100. The fourth-order valence-corrected chi connectivity index (χ4v) is 3.79. The molecule has 0 unspecified atom stereocenters. The number of fused-ring (bicyclic) bond motifs is 1. The van der Waals surface area contributed by atoms with Gasteiger partial charge in [0.2, 0.25) is 5.91 Å². The molecule has 0 spiro atoms. The van der Waals surface area contributed by atoms with Gasteiger partial charge in [-0.3, -0.25) is 4.79 Å². The van der Waals surface area contributed by atoms with Crippen LogP contribution >= 0.6 is 0 Å². The molecule has 0 aliphatic heterocycles. The second kappa shape index (κ2) is 6.11. The third-order valence-corrected chi connectivity index (χ3v) is 4.99. The Morgan fingerprint density at radius 1 is 1.04 bits per heavy atom. The minimum Gasteiger partial charge on any atom is -0.366 e. The molecule has 1 fully saturated rings. The van der Waals surface area contributed by atoms with Crippen LogP contribution in [0, 0.1) is 0 Å². The van der Waals surface area contributed by atoms with Gasteiger partial charge in [0.25, 0.3) is 0 Å². The zero-order chi connectivity index (χ0) is 16.5. The van der Waals surface area contributed by atoms with Gasteiger partial charge in [0, 0.05) is 16.9 Å². The maximum absolute atomic E-state index is 11.5. The third kappa shape index (κ3) is 2.58. The van der Waals surface area contributed by atoms with E-state index in [1.165, 1.54) is 37.8 Å². The van der Waals surface area contributed by atoms with E-state index in [0.29, 0.717) is 11.5 Å². The van der Waals surface area contributed by atoms with Crippen molar-refractivity contribution in [3.8, 4) is 5.69 Å². The summed E-state index contributed by atoms with van der Waals surface area (Å²) in [6.07, 6.45) is 6.26. The van der Waals surface area contributed by atoms with E-state index in [4.69, 9.17) is 10.8 Å². The maximum Gasteiger partial charge on any atom is 0.248 e. The Hall–Kier alpha value is -2.62. The van der Waals surface area contributed by atoms with E-state index in [9.17, 15) is 4.79 Å². The van der Waals surface area contributed by atoms with Gasteiger partial charge in [-0.15, -0.1) is 0 Å². The second-order valence-corrected chi connectivity index (χ2v) is 6.56. The van der Waals surface area contributed by atoms with Crippen LogP contribution in [0.15, 0.2) is 48.5 Å². The number of para-hydroxylation sites is 1. The van der Waals surface area contributed by atoms with E-state index in [1.807, 2.05) is 36.4 Å². The number of amides is 1. The van der Waals surface area contributed by atoms with E-state index >= 15 is 0 Å². The topological polar surface area (TPSA) is 60.9 Å². The van der Waals surface area contributed by atoms with Crippen molar-refractivity contribution in [2.45, 2.75) is 38.0 Å². The van der Waals surface area contributed by atoms with Crippen molar-refractivity contribution in [3.63, 3.8) is 0 Å². The number of hydrogen-bond donors (Lipinski definition) is 1. The van der Waals surface area contributed by atoms with Gasteiger partial charge >= 0.3 is 0 Å². The number of aromatic nitrogens is 2. The van der Waals surface area contributed by atoms with Crippen LogP contribution in [0.5, 0.6) is 0 Å². The number of rotatable bonds is 3. The van der Waals surface area contributed by atoms with Gasteiger partial charge in [0.1, 0.15) is 0 Å². The zero-order valence-corrected chi connectivity index (χ0v) is 13.6. The van der Waals surface area contributed by atoms with Crippen molar-refractivity contribution in [1.29, 1.82) is 0 Å². The minimum absolute atomic E-state index is 0.412. The summed E-state index contributed by atoms with van der Waals surface area (Å²) in [7, 11) is 0. The van der Waals surface area contributed by atoms with E-state index in [-0.39, 0.29) is 0 Å². The van der Waals surface area contributed by atoms with Gasteiger partial charge in [-0.1, -0.05) is 43.5 Å². The van der Waals surface area contributed by atoms with E-state index in [0.717, 1.165) is 16.6 Å². The van der Waals surface area contributed by atoms with E-state index in [1.54, 1.807) is 0 Å². The Balaban J connectivity index is 1.93. The number of hydrogen-bond acceptors (Lipinski definition) is 2. The summed E-state index contributed by atoms with van der Waals surface area (Å²) in [6, 6.07) is 15.9. The van der Waals surface area contributed by atoms with Gasteiger partial charge < -0.3 is 5.73 Å². The lowest BCUT2D eigenvalue weighted by Gasteiger charge is -2.23. The number of nitrogens with two attached hydrogens (primary N) is 1. The molecular weight excluding hydrogens is 298 g/mol. The highest BCUT2D eigenvalue weighted by molar-refractivity contribution is 5.97. The summed E-state index contributed by atoms with van der Waals surface area (Å²) < 4.78 is 2.06. The number of primary amides is 1. The van der Waals surface area contributed by atoms with Crippen LogP contribution in [-0.4, -0.2) is 15.7 Å². The lowest BCUT2D eigenvalue weighted by atomic mass is 9.85. The molecule has 1 saturated carbocycles. The molecule has 122 valence electrons. The number of carbonyl (C=O) groups is 1. The highest BCUT2D eigenvalue weighted by Crippen LogP contribution is 2.37. The molecule has 1 amide bonds. The Labute approximate surface area is 141 Å². The molecule has 1 aromatic heterocycles. The van der Waals surface area contributed by atoms with Crippen LogP contribution in [0.4, 0.5) is 0 Å². The average Bonchev–Trinajstić information content (AvgIpc) is 3.01. The largest absolute Gasteiger partial charge is 0.366 e. The molecule has 4 nitrogen and oxygen atoms in total. The standard InChI is InChI=1S/C20H21N3O/c21-20(24)15-11-12-17-18(13-15)22-23(16-9-5-2-6-10-16)19(17)14-7-3-1-4-8-14/h2,5-6,9-14H,1,3-4,7-8H2,(H2,21,24). The highest BCUT2D eigenvalue weighted by Gasteiger charge is 2.24. The predicted molar refractivity (Wildman–Crippen MR) is 95.4 cm³/mol. The van der Waals surface area contributed by atoms with E-state index < -0.39 is 5.91 Å². The minimum atomic E-state index is -0.412. The van der Waals surface area contributed by atoms with E-state index in [2.05, 4.69) is 16.8 Å². The van der Waals surface area contributed by atoms with Gasteiger partial charge in [-0.25, -0.2) is 4.68 Å². The number of nitrogens with zero attached hydrogens (tertiary/aromatic N) is 2. The summed E-state index contributed by atoms with van der Waals surface area (Å²) in [5.41, 5.74) is 9.12. The normalized spacial score (nSPS) is 15.7. The Kier molecular flexibility index (Phi) is 3.81. The Bertz CT molecular complexity index is 877. The Morgan fingerprint density at radius 3 is 2.50 bits per heavy atom. The first-order valence-corrected chi connectivity index (χ1v) is 8.62. The van der Waals surface area contributed by atoms with Crippen LogP contribution in [0.1, 0.15) is 54.1 Å². The molecule has 1 aliphatic carbocycles. The van der Waals surface area contributed by atoms with Gasteiger partial charge in [-0.05, 0) is 37.1 Å². The molecule has 24 heavy (non-hydrogen) atoms. The smallest absolute Gasteiger partial charge is 0.248 e. The fraction of sp³-hybridized carbons (Fsp3) is 0.300. The summed E-state index contributed by atoms with van der Waals surface area (Å²) in [4.78, 5) is 11.5. The van der Waals surface area contributed by atoms with Crippen LogP contribution < -0.4 is 5.73 Å². The van der Waals surface area contributed by atoms with Crippen LogP contribution in [-0.2, 0) is 0 Å². The number of benzene rings is 2. The Morgan fingerprint density at radius 2 is 1.79 bits per heavy atom. The van der Waals surface area contributed by atoms with Gasteiger partial charge in [-0.2, -0.15) is 5.10 Å². The molecule has 0 bridgehead atoms. The van der Waals surface area contributed by atoms with Gasteiger partial charge in [0.05, 0.1) is 16.9 Å². The lowest BCUT2D eigenvalue weighted by Crippen LogP contribution is -2.11. The summed E-state index contributed by atoms with van der Waals surface area (Å²) in [5, 5.41) is 5.95. The number of carbonyl (C=O) groups excluding carboxylic acids is 1. The van der Waals surface area contributed by atoms with Crippen molar-refractivity contribution in [2.75, 3.05) is 0 Å². The average molecular weight is 319 g/mol. The summed E-state index contributed by atoms with van der Waals surface area (Å²) >= 11 is 0. The van der Waals surface area contributed by atoms with Crippen molar-refractivity contribution in [2.24, 2.45) is 5.73 Å². The fourth-order valence-electron chi connectivity index (χ4n) is 3.79. The molecule has 0 radical (unpaired) electrons. The maximum atomic E-state index is 11.5. The van der Waals surface area contributed by atoms with Crippen molar-refractivity contribution in [1.82, 2.24) is 9.78 Å². The first-order chi connectivity index (χ1) is 11.7. The summed E-state index contributed by atoms with van der Waals surface area (Å²) in [6.45, 7) is 0. The van der Waals surface area contributed by atoms with Crippen molar-refractivity contribution in [3.05, 3.63) is 59.8 Å². The first-order valence-electron chi connectivity index (χ1n) is 8.62. The van der Waals surface area contributed by atoms with Crippen LogP contribution in [0.25, 0.3) is 16.6 Å². The molecule has 0 saturated heterocycles. The highest BCUT2D eigenvalue weighted by atomic mass is 16.1. The molecule has 2 N–H and O–H groups in total. The molecule has 1 aliphatic rings. The van der Waals surface area contributed by atoms with Crippen LogP contribution in [0.2, 0.25) is 0 Å². The van der Waals surface area contributed by atoms with Gasteiger partial charge in [0.15, 0.2) is 0 Å². The molecule has 2 aromatic carbocycles. The molecule has 4 heteroatoms. The third-order valence-electron chi connectivity index (χ3n) is 4.99.